The third-order valence-corrected chi connectivity index (χ3v) is 3.29. The van der Waals surface area contributed by atoms with Gasteiger partial charge in [-0.05, 0) is 38.3 Å². The Morgan fingerprint density at radius 2 is 2.12 bits per heavy atom. The number of nitrogens with one attached hydrogen (secondary N) is 1. The molecule has 3 heteroatoms. The first-order valence-corrected chi connectivity index (χ1v) is 6.98. The predicted octanol–water partition coefficient (Wildman–Crippen LogP) is 2.91. The summed E-state index contributed by atoms with van der Waals surface area (Å²) in [6.07, 6.45) is 9.50. The average Bonchev–Trinajstić information content (AvgIpc) is 2.71. The van der Waals surface area contributed by atoms with E-state index in [0.29, 0.717) is 0 Å². The van der Waals surface area contributed by atoms with E-state index in [2.05, 4.69) is 30.3 Å². The first-order valence-electron chi connectivity index (χ1n) is 6.98. The summed E-state index contributed by atoms with van der Waals surface area (Å²) < 4.78 is 1.98. The molecule has 1 rings (SSSR count). The van der Waals surface area contributed by atoms with E-state index in [-0.39, 0.29) is 0 Å². The van der Waals surface area contributed by atoms with Crippen LogP contribution in [-0.2, 0) is 13.5 Å². The van der Waals surface area contributed by atoms with E-state index in [1.165, 1.54) is 37.8 Å². The van der Waals surface area contributed by atoms with Crippen molar-refractivity contribution in [3.8, 4) is 0 Å². The lowest BCUT2D eigenvalue weighted by atomic mass is 10.0. The van der Waals surface area contributed by atoms with Crippen LogP contribution in [0.5, 0.6) is 0 Å². The van der Waals surface area contributed by atoms with Crippen LogP contribution in [0.25, 0.3) is 0 Å². The van der Waals surface area contributed by atoms with Gasteiger partial charge in [-0.3, -0.25) is 4.68 Å². The summed E-state index contributed by atoms with van der Waals surface area (Å²) in [5, 5.41) is 7.76. The van der Waals surface area contributed by atoms with Crippen molar-refractivity contribution in [1.82, 2.24) is 15.1 Å². The highest BCUT2D eigenvalue weighted by molar-refractivity contribution is 4.99. The first kappa shape index (κ1) is 14.2. The van der Waals surface area contributed by atoms with Crippen LogP contribution in [0.15, 0.2) is 12.3 Å². The lowest BCUT2D eigenvalue weighted by Crippen LogP contribution is -2.28. The topological polar surface area (TPSA) is 29.9 Å². The van der Waals surface area contributed by atoms with Crippen LogP contribution < -0.4 is 5.32 Å². The molecular formula is C14H27N3. The average molecular weight is 237 g/mol. The molecule has 0 amide bonds. The predicted molar refractivity (Wildman–Crippen MR) is 73.1 cm³/mol. The van der Waals surface area contributed by atoms with Crippen molar-refractivity contribution in [3.63, 3.8) is 0 Å². The maximum atomic E-state index is 4.19. The minimum atomic E-state index is 0.719. The largest absolute Gasteiger partial charge is 0.314 e. The van der Waals surface area contributed by atoms with Crippen LogP contribution in [0.3, 0.4) is 0 Å². The minimum Gasteiger partial charge on any atom is -0.314 e. The molecule has 0 saturated heterocycles. The van der Waals surface area contributed by atoms with E-state index in [4.69, 9.17) is 0 Å². The quantitative estimate of drug-likeness (QED) is 0.669. The van der Waals surface area contributed by atoms with Gasteiger partial charge in [0.1, 0.15) is 0 Å². The third kappa shape index (κ3) is 5.35. The Morgan fingerprint density at radius 1 is 1.29 bits per heavy atom. The zero-order chi connectivity index (χ0) is 12.5. The van der Waals surface area contributed by atoms with Crippen molar-refractivity contribution < 1.29 is 0 Å². The van der Waals surface area contributed by atoms with Crippen molar-refractivity contribution in [2.45, 2.75) is 58.4 Å². The molecule has 1 aromatic heterocycles. The Morgan fingerprint density at radius 3 is 2.71 bits per heavy atom. The van der Waals surface area contributed by atoms with Crippen LogP contribution in [-0.4, -0.2) is 22.4 Å². The van der Waals surface area contributed by atoms with Crippen LogP contribution in [0.4, 0.5) is 0 Å². The van der Waals surface area contributed by atoms with Gasteiger partial charge in [0.05, 0.1) is 0 Å². The second-order valence-electron chi connectivity index (χ2n) is 4.74. The second-order valence-corrected chi connectivity index (χ2v) is 4.74. The minimum absolute atomic E-state index is 0.719. The smallest absolute Gasteiger partial charge is 0.0492 e. The molecule has 0 aliphatic rings. The van der Waals surface area contributed by atoms with Gasteiger partial charge in [0, 0.05) is 25.0 Å². The molecule has 0 spiro atoms. The first-order chi connectivity index (χ1) is 8.27. The molecular weight excluding hydrogens is 210 g/mol. The normalized spacial score (nSPS) is 12.9. The SMILES string of the molecule is CCCC(CCCCc1ccnn1C)NCC. The molecule has 0 aliphatic heterocycles. The van der Waals surface area contributed by atoms with E-state index < -0.39 is 0 Å². The van der Waals surface area contributed by atoms with Crippen molar-refractivity contribution in [2.75, 3.05) is 6.54 Å². The van der Waals surface area contributed by atoms with E-state index >= 15 is 0 Å². The van der Waals surface area contributed by atoms with Gasteiger partial charge in [0.25, 0.3) is 0 Å². The fourth-order valence-corrected chi connectivity index (χ4v) is 2.33. The Kier molecular flexibility index (Phi) is 6.94. The van der Waals surface area contributed by atoms with Crippen LogP contribution >= 0.6 is 0 Å². The number of rotatable bonds is 9. The summed E-state index contributed by atoms with van der Waals surface area (Å²) in [4.78, 5) is 0. The number of aryl methyl sites for hydroxylation is 2. The van der Waals surface area contributed by atoms with Gasteiger partial charge in [0.15, 0.2) is 0 Å². The molecule has 17 heavy (non-hydrogen) atoms. The zero-order valence-electron chi connectivity index (χ0n) is 11.6. The van der Waals surface area contributed by atoms with E-state index in [1.54, 1.807) is 0 Å². The van der Waals surface area contributed by atoms with Gasteiger partial charge in [-0.2, -0.15) is 5.10 Å². The molecule has 98 valence electrons. The van der Waals surface area contributed by atoms with Crippen LogP contribution in [0.1, 0.15) is 51.6 Å². The van der Waals surface area contributed by atoms with Gasteiger partial charge in [-0.25, -0.2) is 0 Å². The molecule has 0 saturated carbocycles. The van der Waals surface area contributed by atoms with Crippen molar-refractivity contribution in [3.05, 3.63) is 18.0 Å². The van der Waals surface area contributed by atoms with Gasteiger partial charge >= 0.3 is 0 Å². The maximum absolute atomic E-state index is 4.19. The Balaban J connectivity index is 2.15. The Labute approximate surface area is 106 Å². The van der Waals surface area contributed by atoms with Crippen LogP contribution in [0.2, 0.25) is 0 Å². The summed E-state index contributed by atoms with van der Waals surface area (Å²) in [7, 11) is 2.02. The van der Waals surface area contributed by atoms with Crippen molar-refractivity contribution in [2.24, 2.45) is 7.05 Å². The van der Waals surface area contributed by atoms with E-state index in [9.17, 15) is 0 Å². The summed E-state index contributed by atoms with van der Waals surface area (Å²) >= 11 is 0. The molecule has 0 bridgehead atoms. The van der Waals surface area contributed by atoms with Crippen LogP contribution in [0, 0.1) is 0 Å². The third-order valence-electron chi connectivity index (χ3n) is 3.29. The monoisotopic (exact) mass is 237 g/mol. The fraction of sp³-hybridized carbons (Fsp3) is 0.786. The molecule has 3 nitrogen and oxygen atoms in total. The van der Waals surface area contributed by atoms with Crippen molar-refractivity contribution in [1.29, 1.82) is 0 Å². The van der Waals surface area contributed by atoms with E-state index in [0.717, 1.165) is 19.0 Å². The highest BCUT2D eigenvalue weighted by Gasteiger charge is 2.05. The van der Waals surface area contributed by atoms with Gasteiger partial charge in [-0.15, -0.1) is 0 Å². The molecule has 0 radical (unpaired) electrons. The number of hydrogen-bond acceptors (Lipinski definition) is 2. The molecule has 1 heterocycles. The molecule has 0 fully saturated rings. The standard InChI is InChI=1S/C14H27N3/c1-4-8-13(15-5-2)9-6-7-10-14-11-12-16-17(14)3/h11-13,15H,4-10H2,1-3H3. The molecule has 0 aromatic carbocycles. The van der Waals surface area contributed by atoms with Crippen molar-refractivity contribution >= 4 is 0 Å². The fourth-order valence-electron chi connectivity index (χ4n) is 2.33. The highest BCUT2D eigenvalue weighted by Crippen LogP contribution is 2.10. The summed E-state index contributed by atoms with van der Waals surface area (Å²) in [6, 6.07) is 2.84. The summed E-state index contributed by atoms with van der Waals surface area (Å²) in [5.41, 5.74) is 1.35. The number of nitrogens with zero attached hydrogens (tertiary/aromatic N) is 2. The Bertz CT molecular complexity index is 287. The summed E-state index contributed by atoms with van der Waals surface area (Å²) in [6.45, 7) is 5.55. The second kappa shape index (κ2) is 8.29. The Hall–Kier alpha value is -0.830. The lowest BCUT2D eigenvalue weighted by Gasteiger charge is -2.16. The zero-order valence-corrected chi connectivity index (χ0v) is 11.6. The molecule has 1 unspecified atom stereocenters. The van der Waals surface area contributed by atoms with Gasteiger partial charge in [-0.1, -0.05) is 26.7 Å². The van der Waals surface area contributed by atoms with Gasteiger partial charge in [0.2, 0.25) is 0 Å². The molecule has 0 aliphatic carbocycles. The lowest BCUT2D eigenvalue weighted by molar-refractivity contribution is 0.440. The van der Waals surface area contributed by atoms with Gasteiger partial charge < -0.3 is 5.32 Å². The molecule has 1 atom stereocenters. The maximum Gasteiger partial charge on any atom is 0.0492 e. The number of hydrogen-bond donors (Lipinski definition) is 1. The molecule has 1 N–H and O–H groups in total. The molecule has 1 aromatic rings. The van der Waals surface area contributed by atoms with E-state index in [1.807, 2.05) is 17.9 Å². The number of aromatic nitrogens is 2. The highest BCUT2D eigenvalue weighted by atomic mass is 15.2. The number of unbranched alkanes of at least 4 members (excludes halogenated alkanes) is 1. The summed E-state index contributed by atoms with van der Waals surface area (Å²) in [5.74, 6) is 0.